The lowest BCUT2D eigenvalue weighted by Crippen LogP contribution is -2.32. The second-order valence-corrected chi connectivity index (χ2v) is 4.49. The van der Waals surface area contributed by atoms with Crippen molar-refractivity contribution in [3.8, 4) is 0 Å². The highest BCUT2D eigenvalue weighted by Gasteiger charge is 2.15. The van der Waals surface area contributed by atoms with Crippen molar-refractivity contribution >= 4 is 22.4 Å². The van der Waals surface area contributed by atoms with Gasteiger partial charge in [-0.1, -0.05) is 18.2 Å². The van der Waals surface area contributed by atoms with Gasteiger partial charge in [0.15, 0.2) is 0 Å². The van der Waals surface area contributed by atoms with E-state index in [1.54, 1.807) is 31.2 Å². The number of rotatable bonds is 2. The number of hydrogen-bond donors (Lipinski definition) is 1. The molecule has 2 heterocycles. The summed E-state index contributed by atoms with van der Waals surface area (Å²) in [7, 11) is 0. The second-order valence-electron chi connectivity index (χ2n) is 4.49. The van der Waals surface area contributed by atoms with E-state index >= 15 is 0 Å². The van der Waals surface area contributed by atoms with Crippen molar-refractivity contribution in [1.82, 2.24) is 9.38 Å². The summed E-state index contributed by atoms with van der Waals surface area (Å²) >= 11 is 0. The van der Waals surface area contributed by atoms with Gasteiger partial charge in [0.1, 0.15) is 11.2 Å². The van der Waals surface area contributed by atoms with E-state index in [0.29, 0.717) is 11.0 Å². The Morgan fingerprint density at radius 3 is 2.76 bits per heavy atom. The minimum absolute atomic E-state index is 0.156. The van der Waals surface area contributed by atoms with Crippen molar-refractivity contribution in [2.45, 2.75) is 6.92 Å². The summed E-state index contributed by atoms with van der Waals surface area (Å²) in [5.74, 6) is -0.749. The van der Waals surface area contributed by atoms with Crippen LogP contribution in [-0.2, 0) is 4.74 Å². The monoisotopic (exact) mass is 284 g/mol. The van der Waals surface area contributed by atoms with Crippen LogP contribution in [0.2, 0.25) is 0 Å². The zero-order valence-corrected chi connectivity index (χ0v) is 11.3. The lowest BCUT2D eigenvalue weighted by molar-refractivity contribution is 0.0523. The van der Waals surface area contributed by atoms with Crippen LogP contribution in [0.15, 0.2) is 46.1 Å². The Morgan fingerprint density at radius 2 is 2.00 bits per heavy atom. The molecule has 106 valence electrons. The molecule has 0 aliphatic heterocycles. The van der Waals surface area contributed by atoms with Gasteiger partial charge in [0, 0.05) is 11.6 Å². The molecule has 1 N–H and O–H groups in total. The number of fused-ring (bicyclic) bond motifs is 2. The number of pyridine rings is 1. The summed E-state index contributed by atoms with van der Waals surface area (Å²) in [5.41, 5.74) is -1.01. The predicted octanol–water partition coefficient (Wildman–Crippen LogP) is 1.32. The smallest absolute Gasteiger partial charge is 0.345 e. The van der Waals surface area contributed by atoms with Gasteiger partial charge in [-0.3, -0.25) is 9.59 Å². The number of nitrogens with one attached hydrogen (secondary N) is 1. The first-order chi connectivity index (χ1) is 10.1. The van der Waals surface area contributed by atoms with E-state index in [2.05, 4.69) is 4.98 Å². The van der Waals surface area contributed by atoms with Crippen LogP contribution in [0.25, 0.3) is 16.4 Å². The Morgan fingerprint density at radius 1 is 1.24 bits per heavy atom. The third-order valence-corrected chi connectivity index (χ3v) is 3.22. The number of nitrogens with zero attached hydrogens (tertiary/aromatic N) is 1. The molecule has 0 bridgehead atoms. The fraction of sp³-hybridized carbons (Fsp3) is 0.133. The van der Waals surface area contributed by atoms with Gasteiger partial charge in [-0.05, 0) is 24.4 Å². The second kappa shape index (κ2) is 4.90. The molecule has 0 saturated heterocycles. The molecule has 0 saturated carbocycles. The Balaban J connectivity index is 2.41. The molecular weight excluding hydrogens is 272 g/mol. The third kappa shape index (κ3) is 2.01. The lowest BCUT2D eigenvalue weighted by Gasteiger charge is -2.06. The molecule has 0 atom stereocenters. The first-order valence-electron chi connectivity index (χ1n) is 6.47. The molecule has 6 heteroatoms. The van der Waals surface area contributed by atoms with Crippen LogP contribution in [-0.4, -0.2) is 22.0 Å². The van der Waals surface area contributed by atoms with E-state index in [-0.39, 0.29) is 12.2 Å². The van der Waals surface area contributed by atoms with E-state index in [1.165, 1.54) is 6.20 Å². The number of carbonyl (C=O) groups excluding carboxylic acids is 1. The molecular formula is C15H12N2O4. The van der Waals surface area contributed by atoms with Crippen molar-refractivity contribution in [3.05, 3.63) is 62.8 Å². The number of H-pyrrole nitrogens is 1. The van der Waals surface area contributed by atoms with Gasteiger partial charge in [-0.2, -0.15) is 0 Å². The van der Waals surface area contributed by atoms with Gasteiger partial charge in [-0.15, -0.1) is 0 Å². The Labute approximate surface area is 118 Å². The summed E-state index contributed by atoms with van der Waals surface area (Å²) in [4.78, 5) is 39.3. The maximum absolute atomic E-state index is 12.4. The quantitative estimate of drug-likeness (QED) is 0.568. The SMILES string of the molecule is CCOC(=O)c1c[nH]c2cc3ccccc3c(=O)n2c1=O. The van der Waals surface area contributed by atoms with Gasteiger partial charge in [0.2, 0.25) is 0 Å². The first kappa shape index (κ1) is 13.1. The Hall–Kier alpha value is -2.89. The number of aromatic amines is 1. The summed E-state index contributed by atoms with van der Waals surface area (Å²) < 4.78 is 5.76. The molecule has 0 spiro atoms. The summed E-state index contributed by atoms with van der Waals surface area (Å²) in [6.45, 7) is 1.80. The van der Waals surface area contributed by atoms with E-state index in [0.717, 1.165) is 9.79 Å². The Bertz CT molecular complexity index is 969. The average Bonchev–Trinajstić information content (AvgIpc) is 2.47. The summed E-state index contributed by atoms with van der Waals surface area (Å²) in [6, 6.07) is 8.64. The molecule has 0 aliphatic rings. The fourth-order valence-electron chi connectivity index (χ4n) is 2.25. The van der Waals surface area contributed by atoms with Crippen molar-refractivity contribution in [2.24, 2.45) is 0 Å². The summed E-state index contributed by atoms with van der Waals surface area (Å²) in [5, 5.41) is 1.14. The van der Waals surface area contributed by atoms with E-state index in [9.17, 15) is 14.4 Å². The number of ether oxygens (including phenoxy) is 1. The minimum Gasteiger partial charge on any atom is -0.462 e. The highest BCUT2D eigenvalue weighted by molar-refractivity contribution is 5.89. The number of carbonyl (C=O) groups is 1. The predicted molar refractivity (Wildman–Crippen MR) is 77.8 cm³/mol. The maximum atomic E-state index is 12.4. The number of benzene rings is 1. The van der Waals surface area contributed by atoms with Crippen LogP contribution < -0.4 is 11.1 Å². The molecule has 3 aromatic rings. The molecule has 0 radical (unpaired) electrons. The number of esters is 1. The zero-order valence-electron chi connectivity index (χ0n) is 11.3. The zero-order chi connectivity index (χ0) is 15.0. The molecule has 2 aromatic heterocycles. The molecule has 6 nitrogen and oxygen atoms in total. The topological polar surface area (TPSA) is 80.6 Å². The molecule has 3 rings (SSSR count). The van der Waals surface area contributed by atoms with E-state index in [4.69, 9.17) is 4.74 Å². The van der Waals surface area contributed by atoms with Gasteiger partial charge >= 0.3 is 5.97 Å². The molecule has 0 aliphatic carbocycles. The molecule has 0 fully saturated rings. The van der Waals surface area contributed by atoms with Gasteiger partial charge in [-0.25, -0.2) is 9.20 Å². The van der Waals surface area contributed by atoms with Crippen molar-refractivity contribution in [1.29, 1.82) is 0 Å². The van der Waals surface area contributed by atoms with Crippen LogP contribution in [0, 0.1) is 0 Å². The molecule has 0 unspecified atom stereocenters. The maximum Gasteiger partial charge on any atom is 0.345 e. The van der Waals surface area contributed by atoms with Crippen molar-refractivity contribution in [3.63, 3.8) is 0 Å². The van der Waals surface area contributed by atoms with Crippen molar-refractivity contribution in [2.75, 3.05) is 6.61 Å². The molecule has 21 heavy (non-hydrogen) atoms. The third-order valence-electron chi connectivity index (χ3n) is 3.22. The normalized spacial score (nSPS) is 10.9. The summed E-state index contributed by atoms with van der Waals surface area (Å²) in [6.07, 6.45) is 1.27. The minimum atomic E-state index is -0.749. The highest BCUT2D eigenvalue weighted by atomic mass is 16.5. The van der Waals surface area contributed by atoms with Gasteiger partial charge in [0.25, 0.3) is 11.1 Å². The Kier molecular flexibility index (Phi) is 3.06. The largest absolute Gasteiger partial charge is 0.462 e. The number of hydrogen-bond acceptors (Lipinski definition) is 4. The van der Waals surface area contributed by atoms with Gasteiger partial charge in [0.05, 0.1) is 6.61 Å². The first-order valence-corrected chi connectivity index (χ1v) is 6.47. The van der Waals surface area contributed by atoms with Crippen LogP contribution in [0.1, 0.15) is 17.3 Å². The fourth-order valence-corrected chi connectivity index (χ4v) is 2.25. The average molecular weight is 284 g/mol. The van der Waals surface area contributed by atoms with E-state index in [1.807, 2.05) is 6.07 Å². The van der Waals surface area contributed by atoms with Crippen LogP contribution in [0.4, 0.5) is 0 Å². The number of aromatic nitrogens is 2. The standard InChI is InChI=1S/C15H12N2O4/c1-2-21-15(20)11-8-16-12-7-9-5-3-4-6-10(9)13(18)17(12)14(11)19/h3-8,16H,2H2,1H3. The van der Waals surface area contributed by atoms with Gasteiger partial charge < -0.3 is 9.72 Å². The van der Waals surface area contributed by atoms with Crippen LogP contribution in [0.5, 0.6) is 0 Å². The van der Waals surface area contributed by atoms with Crippen LogP contribution in [0.3, 0.4) is 0 Å². The molecule has 1 aromatic carbocycles. The van der Waals surface area contributed by atoms with Crippen molar-refractivity contribution < 1.29 is 9.53 Å². The molecule has 0 amide bonds. The van der Waals surface area contributed by atoms with E-state index < -0.39 is 17.1 Å². The highest BCUT2D eigenvalue weighted by Crippen LogP contribution is 2.10. The van der Waals surface area contributed by atoms with Crippen LogP contribution >= 0.6 is 0 Å². The lowest BCUT2D eigenvalue weighted by atomic mass is 10.1.